The molecule has 0 saturated carbocycles. The van der Waals surface area contributed by atoms with Crippen LogP contribution in [0.2, 0.25) is 0 Å². The van der Waals surface area contributed by atoms with Crippen LogP contribution < -0.4 is 4.74 Å². The first-order valence-electron chi connectivity index (χ1n) is 8.15. The minimum Gasteiger partial charge on any atom is -0.507 e. The normalized spacial score (nSPS) is 11.3. The van der Waals surface area contributed by atoms with Crippen LogP contribution in [-0.2, 0) is 12.0 Å². The molecule has 1 N–H and O–H groups in total. The number of nitrogens with zero attached hydrogens (tertiary/aromatic N) is 4. The van der Waals surface area contributed by atoms with Crippen LogP contribution in [0.5, 0.6) is 11.5 Å². The molecule has 0 aliphatic rings. The van der Waals surface area contributed by atoms with Gasteiger partial charge in [-0.15, -0.1) is 0 Å². The lowest BCUT2D eigenvalue weighted by atomic mass is 9.81. The number of aromatic hydroxyl groups is 1. The highest BCUT2D eigenvalue weighted by molar-refractivity contribution is 6.13. The van der Waals surface area contributed by atoms with Crippen molar-refractivity contribution in [3.05, 3.63) is 54.1 Å². The molecule has 0 aliphatic carbocycles. The van der Waals surface area contributed by atoms with Gasteiger partial charge in [-0.2, -0.15) is 5.10 Å². The van der Waals surface area contributed by atoms with E-state index in [9.17, 15) is 9.90 Å². The first-order chi connectivity index (χ1) is 12.4. The topological polar surface area (TPSA) is 90.1 Å². The monoisotopic (exact) mass is 350 g/mol. The van der Waals surface area contributed by atoms with Crippen LogP contribution in [0.15, 0.2) is 43.0 Å². The fourth-order valence-corrected chi connectivity index (χ4v) is 2.64. The molecule has 0 atom stereocenters. The molecule has 2 aromatic heterocycles. The van der Waals surface area contributed by atoms with Gasteiger partial charge in [0, 0.05) is 23.4 Å². The third-order valence-corrected chi connectivity index (χ3v) is 3.85. The lowest BCUT2D eigenvalue weighted by Gasteiger charge is -2.23. The molecule has 3 rings (SSSR count). The van der Waals surface area contributed by atoms with Gasteiger partial charge in [0.1, 0.15) is 32.3 Å². The summed E-state index contributed by atoms with van der Waals surface area (Å²) in [6.07, 6.45) is 5.45. The number of phenols is 1. The number of carbonyl (C=O) groups is 1. The Kier molecular flexibility index (Phi) is 4.75. The summed E-state index contributed by atoms with van der Waals surface area (Å²) in [5.74, 6) is 0.187. The number of benzene rings is 1. The molecular formula is C18H19BN4O3. The number of aldehydes is 1. The van der Waals surface area contributed by atoms with Gasteiger partial charge in [0.2, 0.25) is 0 Å². The number of hydrogen-bond acceptors (Lipinski definition) is 6. The number of phenolic OH excluding ortho intramolecular Hbond substituents is 1. The number of rotatable bonds is 6. The number of carbonyl (C=O) groups excluding carboxylic acids is 1. The summed E-state index contributed by atoms with van der Waals surface area (Å²) in [6.45, 7) is 4.27. The Morgan fingerprint density at radius 2 is 2.15 bits per heavy atom. The average molecular weight is 350 g/mol. The Labute approximate surface area is 152 Å². The summed E-state index contributed by atoms with van der Waals surface area (Å²) in [5.41, 5.74) is 2.22. The van der Waals surface area contributed by atoms with Crippen LogP contribution in [0, 0.1) is 0 Å². The maximum Gasteiger partial charge on any atom is 0.157 e. The van der Waals surface area contributed by atoms with Crippen LogP contribution in [0.25, 0.3) is 11.4 Å². The smallest absolute Gasteiger partial charge is 0.157 e. The van der Waals surface area contributed by atoms with Crippen molar-refractivity contribution in [2.24, 2.45) is 0 Å². The third-order valence-electron chi connectivity index (χ3n) is 3.85. The SMILES string of the molecule is BC(C)(C)n1nccc1-c1ncncc1COc1cccc(O)c1C=O. The zero-order valence-corrected chi connectivity index (χ0v) is 14.9. The van der Waals surface area contributed by atoms with Crippen molar-refractivity contribution < 1.29 is 14.6 Å². The Morgan fingerprint density at radius 1 is 1.35 bits per heavy atom. The molecule has 3 aromatic rings. The van der Waals surface area contributed by atoms with E-state index in [1.165, 1.54) is 12.4 Å². The third kappa shape index (κ3) is 3.44. The predicted molar refractivity (Wildman–Crippen MR) is 98.9 cm³/mol. The molecule has 0 spiro atoms. The molecule has 0 fully saturated rings. The Balaban J connectivity index is 1.94. The van der Waals surface area contributed by atoms with Crippen molar-refractivity contribution in [2.45, 2.75) is 25.9 Å². The van der Waals surface area contributed by atoms with Crippen LogP contribution in [0.1, 0.15) is 29.8 Å². The zero-order valence-electron chi connectivity index (χ0n) is 14.9. The fraction of sp³-hybridized carbons (Fsp3) is 0.222. The van der Waals surface area contributed by atoms with E-state index in [0.29, 0.717) is 17.7 Å². The van der Waals surface area contributed by atoms with Crippen LogP contribution in [0.4, 0.5) is 0 Å². The van der Waals surface area contributed by atoms with Gasteiger partial charge in [-0.25, -0.2) is 9.97 Å². The van der Waals surface area contributed by atoms with E-state index >= 15 is 0 Å². The van der Waals surface area contributed by atoms with Crippen LogP contribution >= 0.6 is 0 Å². The van der Waals surface area contributed by atoms with E-state index in [2.05, 4.69) is 36.8 Å². The molecular weight excluding hydrogens is 331 g/mol. The van der Waals surface area contributed by atoms with Crippen LogP contribution in [-0.4, -0.2) is 39.0 Å². The highest BCUT2D eigenvalue weighted by Gasteiger charge is 2.21. The molecule has 132 valence electrons. The summed E-state index contributed by atoms with van der Waals surface area (Å²) in [5, 5.41) is 14.2. The molecule has 0 radical (unpaired) electrons. The lowest BCUT2D eigenvalue weighted by Crippen LogP contribution is -2.28. The van der Waals surface area contributed by atoms with Gasteiger partial charge < -0.3 is 9.84 Å². The predicted octanol–water partition coefficient (Wildman–Crippen LogP) is 1.76. The Morgan fingerprint density at radius 3 is 2.88 bits per heavy atom. The van der Waals surface area contributed by atoms with E-state index in [0.717, 1.165) is 11.3 Å². The number of aromatic nitrogens is 4. The molecule has 2 heterocycles. The molecule has 0 unspecified atom stereocenters. The van der Waals surface area contributed by atoms with Gasteiger partial charge in [-0.3, -0.25) is 9.48 Å². The minimum atomic E-state index is -0.210. The molecule has 1 aromatic carbocycles. The molecule has 0 saturated heterocycles. The lowest BCUT2D eigenvalue weighted by molar-refractivity contribution is 0.111. The second-order valence-corrected chi connectivity index (χ2v) is 6.79. The molecule has 0 aliphatic heterocycles. The number of ether oxygens (including phenoxy) is 1. The Bertz CT molecular complexity index is 934. The first-order valence-corrected chi connectivity index (χ1v) is 8.15. The van der Waals surface area contributed by atoms with E-state index in [4.69, 9.17) is 4.74 Å². The van der Waals surface area contributed by atoms with Crippen molar-refractivity contribution >= 4 is 14.1 Å². The quantitative estimate of drug-likeness (QED) is 0.538. The first kappa shape index (κ1) is 17.7. The largest absolute Gasteiger partial charge is 0.507 e. The maximum absolute atomic E-state index is 11.2. The van der Waals surface area contributed by atoms with Gasteiger partial charge in [-0.1, -0.05) is 6.07 Å². The van der Waals surface area contributed by atoms with Crippen molar-refractivity contribution in [3.63, 3.8) is 0 Å². The Hall–Kier alpha value is -3.16. The maximum atomic E-state index is 11.2. The molecule has 0 bridgehead atoms. The van der Waals surface area contributed by atoms with Gasteiger partial charge in [0.05, 0.1) is 17.0 Å². The fourth-order valence-electron chi connectivity index (χ4n) is 2.64. The van der Waals surface area contributed by atoms with Gasteiger partial charge in [0.15, 0.2) is 6.29 Å². The van der Waals surface area contributed by atoms with E-state index in [-0.39, 0.29) is 23.4 Å². The second-order valence-electron chi connectivity index (χ2n) is 6.79. The highest BCUT2D eigenvalue weighted by atomic mass is 16.5. The summed E-state index contributed by atoms with van der Waals surface area (Å²) < 4.78 is 7.65. The van der Waals surface area contributed by atoms with Crippen LogP contribution in [0.3, 0.4) is 0 Å². The number of hydrogen-bond donors (Lipinski definition) is 1. The van der Waals surface area contributed by atoms with Crippen molar-refractivity contribution in [1.29, 1.82) is 0 Å². The summed E-state index contributed by atoms with van der Waals surface area (Å²) in [6, 6.07) is 6.58. The summed E-state index contributed by atoms with van der Waals surface area (Å²) >= 11 is 0. The zero-order chi connectivity index (χ0) is 18.7. The molecule has 26 heavy (non-hydrogen) atoms. The molecule has 7 nitrogen and oxygen atoms in total. The van der Waals surface area contributed by atoms with Gasteiger partial charge >= 0.3 is 0 Å². The highest BCUT2D eigenvalue weighted by Crippen LogP contribution is 2.28. The van der Waals surface area contributed by atoms with Gasteiger partial charge in [-0.05, 0) is 32.0 Å². The van der Waals surface area contributed by atoms with E-state index in [1.807, 2.05) is 10.7 Å². The second kappa shape index (κ2) is 6.99. The van der Waals surface area contributed by atoms with E-state index in [1.54, 1.807) is 24.5 Å². The van der Waals surface area contributed by atoms with Crippen molar-refractivity contribution in [2.75, 3.05) is 0 Å². The standard InChI is InChI=1S/C18H19BN4O3/c1-18(2,19)23-14(6-7-22-23)17-12(8-20-11-21-17)10-26-16-5-3-4-15(25)13(16)9-24/h3-9,11,25H,10,19H2,1-2H3. The summed E-state index contributed by atoms with van der Waals surface area (Å²) in [4.78, 5) is 19.7. The molecule has 0 amide bonds. The van der Waals surface area contributed by atoms with Crippen molar-refractivity contribution in [3.8, 4) is 22.9 Å². The molecule has 8 heteroatoms. The summed E-state index contributed by atoms with van der Waals surface area (Å²) in [7, 11) is 2.06. The average Bonchev–Trinajstić information content (AvgIpc) is 3.10. The minimum absolute atomic E-state index is 0.116. The van der Waals surface area contributed by atoms with Crippen molar-refractivity contribution in [1.82, 2.24) is 19.7 Å². The van der Waals surface area contributed by atoms with Gasteiger partial charge in [0.25, 0.3) is 0 Å². The van der Waals surface area contributed by atoms with E-state index < -0.39 is 0 Å².